The highest BCUT2D eigenvalue weighted by Gasteiger charge is 2.25. The molecule has 14 heavy (non-hydrogen) atoms. The molecule has 1 heterocycles. The SMILES string of the molecule is C#CC(CC)N(CCC)C1CCNC1. The lowest BCUT2D eigenvalue weighted by molar-refractivity contribution is 0.172. The van der Waals surface area contributed by atoms with Gasteiger partial charge >= 0.3 is 0 Å². The standard InChI is InChI=1S/C12H22N2/c1-4-9-14(11(5-2)6-3)12-7-8-13-10-12/h2,11-13H,4,6-10H2,1,3H3. The van der Waals surface area contributed by atoms with Crippen LogP contribution in [0.4, 0.5) is 0 Å². The Balaban J connectivity index is 2.57. The summed E-state index contributed by atoms with van der Waals surface area (Å²) in [4.78, 5) is 2.50. The van der Waals surface area contributed by atoms with Crippen LogP contribution in [-0.4, -0.2) is 36.6 Å². The predicted octanol–water partition coefficient (Wildman–Crippen LogP) is 1.47. The van der Waals surface area contributed by atoms with Gasteiger partial charge in [0.1, 0.15) is 0 Å². The van der Waals surface area contributed by atoms with Crippen molar-refractivity contribution in [3.63, 3.8) is 0 Å². The van der Waals surface area contributed by atoms with Crippen molar-refractivity contribution in [2.45, 2.75) is 45.2 Å². The van der Waals surface area contributed by atoms with Gasteiger partial charge in [-0.3, -0.25) is 4.90 Å². The van der Waals surface area contributed by atoms with Gasteiger partial charge in [0, 0.05) is 12.6 Å². The van der Waals surface area contributed by atoms with E-state index in [4.69, 9.17) is 6.42 Å². The van der Waals surface area contributed by atoms with Crippen LogP contribution in [0.25, 0.3) is 0 Å². The molecule has 0 saturated carbocycles. The lowest BCUT2D eigenvalue weighted by Crippen LogP contribution is -2.43. The Labute approximate surface area is 88.1 Å². The molecule has 0 spiro atoms. The zero-order chi connectivity index (χ0) is 10.4. The molecule has 1 saturated heterocycles. The highest BCUT2D eigenvalue weighted by molar-refractivity contribution is 5.01. The maximum absolute atomic E-state index is 5.57. The average Bonchev–Trinajstić information content (AvgIpc) is 2.71. The molecular formula is C12H22N2. The lowest BCUT2D eigenvalue weighted by atomic mass is 10.1. The Hall–Kier alpha value is -0.520. The summed E-state index contributed by atoms with van der Waals surface area (Å²) < 4.78 is 0. The first kappa shape index (κ1) is 11.6. The lowest BCUT2D eigenvalue weighted by Gasteiger charge is -2.32. The van der Waals surface area contributed by atoms with Crippen LogP contribution in [0.15, 0.2) is 0 Å². The summed E-state index contributed by atoms with van der Waals surface area (Å²) in [6.45, 7) is 7.79. The number of rotatable bonds is 5. The van der Waals surface area contributed by atoms with Gasteiger partial charge < -0.3 is 5.32 Å². The van der Waals surface area contributed by atoms with E-state index in [1.165, 1.54) is 12.8 Å². The zero-order valence-corrected chi connectivity index (χ0v) is 9.42. The second-order valence-electron chi connectivity index (χ2n) is 3.98. The number of hydrogen-bond donors (Lipinski definition) is 1. The van der Waals surface area contributed by atoms with Crippen molar-refractivity contribution in [1.29, 1.82) is 0 Å². The van der Waals surface area contributed by atoms with Crippen molar-refractivity contribution in [2.24, 2.45) is 0 Å². The largest absolute Gasteiger partial charge is 0.315 e. The fourth-order valence-electron chi connectivity index (χ4n) is 2.22. The molecule has 0 aromatic carbocycles. The molecule has 1 aliphatic rings. The molecule has 0 aromatic heterocycles. The highest BCUT2D eigenvalue weighted by Crippen LogP contribution is 2.14. The molecule has 0 amide bonds. The minimum absolute atomic E-state index is 0.333. The van der Waals surface area contributed by atoms with Crippen molar-refractivity contribution in [3.05, 3.63) is 0 Å². The van der Waals surface area contributed by atoms with Gasteiger partial charge in [0.2, 0.25) is 0 Å². The van der Waals surface area contributed by atoms with Crippen LogP contribution in [-0.2, 0) is 0 Å². The molecule has 2 nitrogen and oxygen atoms in total. The van der Waals surface area contributed by atoms with Crippen LogP contribution < -0.4 is 5.32 Å². The third-order valence-electron chi connectivity index (χ3n) is 2.96. The Morgan fingerprint density at radius 3 is 2.79 bits per heavy atom. The van der Waals surface area contributed by atoms with E-state index >= 15 is 0 Å². The van der Waals surface area contributed by atoms with Crippen LogP contribution in [0.3, 0.4) is 0 Å². The van der Waals surface area contributed by atoms with E-state index in [1.807, 2.05) is 0 Å². The molecule has 0 bridgehead atoms. The van der Waals surface area contributed by atoms with Crippen LogP contribution in [0.5, 0.6) is 0 Å². The molecule has 1 rings (SSSR count). The molecule has 0 aromatic rings. The summed E-state index contributed by atoms with van der Waals surface area (Å²) in [5.41, 5.74) is 0. The van der Waals surface area contributed by atoms with Crippen molar-refractivity contribution in [2.75, 3.05) is 19.6 Å². The fourth-order valence-corrected chi connectivity index (χ4v) is 2.22. The van der Waals surface area contributed by atoms with E-state index in [-0.39, 0.29) is 0 Å². The molecule has 2 heteroatoms. The van der Waals surface area contributed by atoms with Crippen molar-refractivity contribution >= 4 is 0 Å². The zero-order valence-electron chi connectivity index (χ0n) is 9.42. The van der Waals surface area contributed by atoms with E-state index in [2.05, 4.69) is 30.0 Å². The first-order chi connectivity index (χ1) is 6.83. The van der Waals surface area contributed by atoms with E-state index < -0.39 is 0 Å². The number of hydrogen-bond acceptors (Lipinski definition) is 2. The van der Waals surface area contributed by atoms with Crippen LogP contribution in [0, 0.1) is 12.3 Å². The summed E-state index contributed by atoms with van der Waals surface area (Å²) in [7, 11) is 0. The fraction of sp³-hybridized carbons (Fsp3) is 0.833. The normalized spacial score (nSPS) is 23.7. The minimum Gasteiger partial charge on any atom is -0.315 e. The van der Waals surface area contributed by atoms with E-state index in [0.717, 1.165) is 26.1 Å². The molecule has 1 N–H and O–H groups in total. The Morgan fingerprint density at radius 2 is 2.36 bits per heavy atom. The Bertz CT molecular complexity index is 189. The topological polar surface area (TPSA) is 15.3 Å². The summed E-state index contributed by atoms with van der Waals surface area (Å²) in [6, 6.07) is 0.996. The maximum Gasteiger partial charge on any atom is 0.0712 e. The van der Waals surface area contributed by atoms with E-state index in [1.54, 1.807) is 0 Å². The molecule has 0 aliphatic carbocycles. The van der Waals surface area contributed by atoms with Crippen LogP contribution in [0.2, 0.25) is 0 Å². The summed E-state index contributed by atoms with van der Waals surface area (Å²) >= 11 is 0. The Kier molecular flexibility index (Phi) is 5.00. The Morgan fingerprint density at radius 1 is 1.57 bits per heavy atom. The minimum atomic E-state index is 0.333. The predicted molar refractivity (Wildman–Crippen MR) is 61.2 cm³/mol. The quantitative estimate of drug-likeness (QED) is 0.667. The van der Waals surface area contributed by atoms with Gasteiger partial charge in [-0.25, -0.2) is 0 Å². The number of nitrogens with zero attached hydrogens (tertiary/aromatic N) is 1. The molecular weight excluding hydrogens is 172 g/mol. The van der Waals surface area contributed by atoms with E-state index in [0.29, 0.717) is 12.1 Å². The maximum atomic E-state index is 5.57. The van der Waals surface area contributed by atoms with Gasteiger partial charge in [0.25, 0.3) is 0 Å². The van der Waals surface area contributed by atoms with Crippen LogP contribution >= 0.6 is 0 Å². The summed E-state index contributed by atoms with van der Waals surface area (Å²) in [5.74, 6) is 2.91. The molecule has 1 aliphatic heterocycles. The van der Waals surface area contributed by atoms with Crippen molar-refractivity contribution in [3.8, 4) is 12.3 Å². The molecule has 0 radical (unpaired) electrons. The van der Waals surface area contributed by atoms with Crippen LogP contribution in [0.1, 0.15) is 33.1 Å². The van der Waals surface area contributed by atoms with Crippen molar-refractivity contribution in [1.82, 2.24) is 10.2 Å². The molecule has 80 valence electrons. The monoisotopic (exact) mass is 194 g/mol. The van der Waals surface area contributed by atoms with Gasteiger partial charge in [-0.05, 0) is 32.4 Å². The van der Waals surface area contributed by atoms with Crippen molar-refractivity contribution < 1.29 is 0 Å². The van der Waals surface area contributed by atoms with Gasteiger partial charge in [-0.15, -0.1) is 6.42 Å². The summed E-state index contributed by atoms with van der Waals surface area (Å²) in [6.07, 6.45) is 9.07. The van der Waals surface area contributed by atoms with Gasteiger partial charge in [0.15, 0.2) is 0 Å². The third-order valence-corrected chi connectivity index (χ3v) is 2.96. The van der Waals surface area contributed by atoms with E-state index in [9.17, 15) is 0 Å². The average molecular weight is 194 g/mol. The van der Waals surface area contributed by atoms with Gasteiger partial charge in [-0.2, -0.15) is 0 Å². The second kappa shape index (κ2) is 6.06. The van der Waals surface area contributed by atoms with Gasteiger partial charge in [-0.1, -0.05) is 19.8 Å². The molecule has 2 atom stereocenters. The first-order valence-electron chi connectivity index (χ1n) is 5.76. The third kappa shape index (κ3) is 2.73. The first-order valence-corrected chi connectivity index (χ1v) is 5.76. The number of terminal acetylenes is 1. The highest BCUT2D eigenvalue weighted by atomic mass is 15.2. The summed E-state index contributed by atoms with van der Waals surface area (Å²) in [5, 5.41) is 3.40. The smallest absolute Gasteiger partial charge is 0.0712 e. The van der Waals surface area contributed by atoms with Gasteiger partial charge in [0.05, 0.1) is 6.04 Å². The molecule has 2 unspecified atom stereocenters. The number of nitrogens with one attached hydrogen (secondary N) is 1. The molecule has 1 fully saturated rings. The second-order valence-corrected chi connectivity index (χ2v) is 3.98.